The molecule has 2 unspecified atom stereocenters. The second-order valence-electron chi connectivity index (χ2n) is 4.78. The Morgan fingerprint density at radius 1 is 1.41 bits per heavy atom. The number of nitrogens with zero attached hydrogens (tertiary/aromatic N) is 1. The molecule has 3 heteroatoms. The fourth-order valence-corrected chi connectivity index (χ4v) is 2.21. The average molecular weight is 235 g/mol. The lowest BCUT2D eigenvalue weighted by atomic mass is 10.1. The van der Waals surface area contributed by atoms with E-state index in [1.807, 2.05) is 12.1 Å². The minimum Gasteiger partial charge on any atom is -0.389 e. The van der Waals surface area contributed by atoms with Gasteiger partial charge in [-0.2, -0.15) is 0 Å². The predicted molar refractivity (Wildman–Crippen MR) is 69.3 cm³/mol. The molecule has 1 fully saturated rings. The topological polar surface area (TPSA) is 32.7 Å². The van der Waals surface area contributed by atoms with Gasteiger partial charge < -0.3 is 14.7 Å². The molecule has 2 atom stereocenters. The lowest BCUT2D eigenvalue weighted by Gasteiger charge is -2.23. The lowest BCUT2D eigenvalue weighted by molar-refractivity contribution is 0.116. The number of hydrogen-bond donors (Lipinski definition) is 1. The van der Waals surface area contributed by atoms with Gasteiger partial charge in [0.05, 0.1) is 12.2 Å². The molecule has 3 nitrogen and oxygen atoms in total. The van der Waals surface area contributed by atoms with E-state index in [9.17, 15) is 5.11 Å². The van der Waals surface area contributed by atoms with E-state index >= 15 is 0 Å². The van der Waals surface area contributed by atoms with Crippen molar-refractivity contribution in [1.29, 1.82) is 0 Å². The lowest BCUT2D eigenvalue weighted by Crippen LogP contribution is -2.28. The summed E-state index contributed by atoms with van der Waals surface area (Å²) >= 11 is 0. The van der Waals surface area contributed by atoms with Crippen molar-refractivity contribution < 1.29 is 9.84 Å². The van der Waals surface area contributed by atoms with Crippen LogP contribution in [0.2, 0.25) is 0 Å². The Balaban J connectivity index is 1.96. The zero-order chi connectivity index (χ0) is 12.3. The first-order valence-electron chi connectivity index (χ1n) is 6.27. The molecule has 0 radical (unpaired) electrons. The molecule has 94 valence electrons. The van der Waals surface area contributed by atoms with Crippen molar-refractivity contribution in [3.05, 3.63) is 29.8 Å². The van der Waals surface area contributed by atoms with Crippen LogP contribution in [0.3, 0.4) is 0 Å². The first-order valence-corrected chi connectivity index (χ1v) is 6.27. The third-order valence-corrected chi connectivity index (χ3v) is 3.32. The van der Waals surface area contributed by atoms with Crippen molar-refractivity contribution in [2.24, 2.45) is 0 Å². The number of rotatable bonds is 4. The maximum absolute atomic E-state index is 9.45. The average Bonchev–Trinajstić information content (AvgIpc) is 2.82. The zero-order valence-corrected chi connectivity index (χ0v) is 10.6. The number of aliphatic hydroxyl groups excluding tert-OH is 1. The third-order valence-electron chi connectivity index (χ3n) is 3.32. The molecule has 0 aliphatic carbocycles. The molecule has 1 aromatic rings. The van der Waals surface area contributed by atoms with E-state index in [0.717, 1.165) is 25.1 Å². The highest BCUT2D eigenvalue weighted by Crippen LogP contribution is 2.20. The third kappa shape index (κ3) is 3.20. The van der Waals surface area contributed by atoms with E-state index in [0.29, 0.717) is 6.10 Å². The predicted octanol–water partition coefficient (Wildman–Crippen LogP) is 2.36. The molecule has 0 amide bonds. The van der Waals surface area contributed by atoms with Crippen LogP contribution < -0.4 is 4.90 Å². The van der Waals surface area contributed by atoms with Gasteiger partial charge in [-0.3, -0.25) is 0 Å². The van der Waals surface area contributed by atoms with Crippen molar-refractivity contribution in [3.8, 4) is 0 Å². The van der Waals surface area contributed by atoms with Crippen molar-refractivity contribution in [2.45, 2.75) is 32.0 Å². The monoisotopic (exact) mass is 235 g/mol. The van der Waals surface area contributed by atoms with Gasteiger partial charge in [0.15, 0.2) is 0 Å². The van der Waals surface area contributed by atoms with Gasteiger partial charge in [0, 0.05) is 25.9 Å². The molecule has 2 rings (SSSR count). The molecule has 1 aliphatic heterocycles. The Morgan fingerprint density at radius 2 is 2.12 bits per heavy atom. The van der Waals surface area contributed by atoms with Crippen LogP contribution in [0, 0.1) is 0 Å². The van der Waals surface area contributed by atoms with E-state index in [4.69, 9.17) is 4.74 Å². The van der Waals surface area contributed by atoms with E-state index in [-0.39, 0.29) is 0 Å². The molecule has 0 spiro atoms. The minimum absolute atomic E-state index is 0.372. The van der Waals surface area contributed by atoms with Crippen molar-refractivity contribution >= 4 is 5.69 Å². The second-order valence-corrected chi connectivity index (χ2v) is 4.78. The number of anilines is 1. The van der Waals surface area contributed by atoms with Crippen LogP contribution in [0.1, 0.15) is 31.4 Å². The second kappa shape index (κ2) is 5.52. The Labute approximate surface area is 103 Å². The summed E-state index contributed by atoms with van der Waals surface area (Å²) in [6.07, 6.45) is 2.32. The molecule has 1 heterocycles. The van der Waals surface area contributed by atoms with E-state index < -0.39 is 6.10 Å². The molecular weight excluding hydrogens is 214 g/mol. The molecular formula is C14H21NO2. The fraction of sp³-hybridized carbons (Fsp3) is 0.571. The van der Waals surface area contributed by atoms with Crippen LogP contribution in [0.5, 0.6) is 0 Å². The van der Waals surface area contributed by atoms with Gasteiger partial charge in [-0.15, -0.1) is 0 Å². The van der Waals surface area contributed by atoms with Gasteiger partial charge >= 0.3 is 0 Å². The summed E-state index contributed by atoms with van der Waals surface area (Å²) in [5, 5.41) is 9.45. The summed E-state index contributed by atoms with van der Waals surface area (Å²) in [5.74, 6) is 0. The van der Waals surface area contributed by atoms with Crippen LogP contribution in [-0.4, -0.2) is 31.4 Å². The Morgan fingerprint density at radius 3 is 2.65 bits per heavy atom. The molecule has 0 aromatic heterocycles. The maximum atomic E-state index is 9.45. The van der Waals surface area contributed by atoms with Crippen LogP contribution in [0.15, 0.2) is 24.3 Å². The smallest absolute Gasteiger partial charge is 0.0761 e. The van der Waals surface area contributed by atoms with Gasteiger partial charge in [-0.05, 0) is 37.5 Å². The van der Waals surface area contributed by atoms with Crippen LogP contribution >= 0.6 is 0 Å². The molecule has 1 aliphatic rings. The summed E-state index contributed by atoms with van der Waals surface area (Å²) in [7, 11) is 2.08. The van der Waals surface area contributed by atoms with Crippen LogP contribution in [0.4, 0.5) is 5.69 Å². The molecule has 0 bridgehead atoms. The molecule has 0 saturated carbocycles. The normalized spacial score (nSPS) is 21.5. The van der Waals surface area contributed by atoms with Gasteiger partial charge in [-0.25, -0.2) is 0 Å². The standard InChI is InChI=1S/C14H21NO2/c1-11(16)12-5-7-13(8-6-12)15(2)10-14-4-3-9-17-14/h5-8,11,14,16H,3-4,9-10H2,1-2H3. The Kier molecular flexibility index (Phi) is 4.02. The number of hydrogen-bond acceptors (Lipinski definition) is 3. The van der Waals surface area contributed by atoms with Crippen LogP contribution in [-0.2, 0) is 4.74 Å². The largest absolute Gasteiger partial charge is 0.389 e. The van der Waals surface area contributed by atoms with Crippen molar-refractivity contribution in [1.82, 2.24) is 0 Å². The fourth-order valence-electron chi connectivity index (χ4n) is 2.21. The number of likely N-dealkylation sites (N-methyl/N-ethyl adjacent to an activating group) is 1. The summed E-state index contributed by atoms with van der Waals surface area (Å²) in [6, 6.07) is 8.06. The van der Waals surface area contributed by atoms with Crippen molar-refractivity contribution in [3.63, 3.8) is 0 Å². The van der Waals surface area contributed by atoms with E-state index in [2.05, 4.69) is 24.1 Å². The van der Waals surface area contributed by atoms with Gasteiger partial charge in [0.2, 0.25) is 0 Å². The van der Waals surface area contributed by atoms with E-state index in [1.54, 1.807) is 6.92 Å². The number of aliphatic hydroxyl groups is 1. The molecule has 1 saturated heterocycles. The molecule has 17 heavy (non-hydrogen) atoms. The highest BCUT2D eigenvalue weighted by atomic mass is 16.5. The van der Waals surface area contributed by atoms with E-state index in [1.165, 1.54) is 12.1 Å². The Bertz CT molecular complexity index is 342. The molecule has 1 N–H and O–H groups in total. The van der Waals surface area contributed by atoms with Crippen LogP contribution in [0.25, 0.3) is 0 Å². The van der Waals surface area contributed by atoms with Gasteiger partial charge in [0.1, 0.15) is 0 Å². The molecule has 1 aromatic carbocycles. The summed E-state index contributed by atoms with van der Waals surface area (Å²) in [4.78, 5) is 2.21. The maximum Gasteiger partial charge on any atom is 0.0761 e. The minimum atomic E-state index is -0.396. The quantitative estimate of drug-likeness (QED) is 0.869. The number of benzene rings is 1. The van der Waals surface area contributed by atoms with Gasteiger partial charge in [-0.1, -0.05) is 12.1 Å². The first-order chi connectivity index (χ1) is 8.16. The SMILES string of the molecule is CC(O)c1ccc(N(C)CC2CCCO2)cc1. The first kappa shape index (κ1) is 12.4. The Hall–Kier alpha value is -1.06. The number of ether oxygens (including phenoxy) is 1. The highest BCUT2D eigenvalue weighted by molar-refractivity contribution is 5.47. The zero-order valence-electron chi connectivity index (χ0n) is 10.6. The van der Waals surface area contributed by atoms with Gasteiger partial charge in [0.25, 0.3) is 0 Å². The summed E-state index contributed by atoms with van der Waals surface area (Å²) < 4.78 is 5.63. The summed E-state index contributed by atoms with van der Waals surface area (Å²) in [5.41, 5.74) is 2.13. The van der Waals surface area contributed by atoms with Crippen molar-refractivity contribution in [2.75, 3.05) is 25.1 Å². The highest BCUT2D eigenvalue weighted by Gasteiger charge is 2.17. The summed E-state index contributed by atoms with van der Waals surface area (Å²) in [6.45, 7) is 3.62.